The van der Waals surface area contributed by atoms with Crippen molar-refractivity contribution in [2.24, 2.45) is 16.9 Å². The normalized spacial score (nSPS) is 29.4. The molecule has 2 fully saturated rings. The number of alkyl halides is 1. The molecule has 160 valence electrons. The summed E-state index contributed by atoms with van der Waals surface area (Å²) in [7, 11) is 3.50. The Morgan fingerprint density at radius 3 is 2.73 bits per heavy atom. The quantitative estimate of drug-likeness (QED) is 0.802. The Morgan fingerprint density at radius 2 is 2.00 bits per heavy atom. The van der Waals surface area contributed by atoms with Gasteiger partial charge in [-0.25, -0.2) is 9.40 Å². The van der Waals surface area contributed by atoms with Crippen LogP contribution >= 0.6 is 0 Å². The van der Waals surface area contributed by atoms with Gasteiger partial charge in [0.2, 0.25) is 0 Å². The van der Waals surface area contributed by atoms with E-state index in [2.05, 4.69) is 27.2 Å². The lowest BCUT2D eigenvalue weighted by atomic mass is 9.82. The average Bonchev–Trinajstić information content (AvgIpc) is 3.14. The fourth-order valence-electron chi connectivity index (χ4n) is 4.58. The summed E-state index contributed by atoms with van der Waals surface area (Å²) >= 11 is 0. The number of halogens is 1. The number of rotatable bonds is 4. The van der Waals surface area contributed by atoms with E-state index in [1.54, 1.807) is 0 Å². The van der Waals surface area contributed by atoms with Crippen LogP contribution in [0.25, 0.3) is 0 Å². The summed E-state index contributed by atoms with van der Waals surface area (Å²) in [5.74, 6) is 1.40. The number of β-amino-alcohol motifs (C(OH)–C–C–N with tert-alkyl or cyclic N) is 1. The number of ether oxygens (including phenoxy) is 1. The van der Waals surface area contributed by atoms with Crippen molar-refractivity contribution in [3.8, 4) is 6.01 Å². The van der Waals surface area contributed by atoms with Gasteiger partial charge in [0.25, 0.3) is 0 Å². The first-order valence-corrected chi connectivity index (χ1v) is 10.5. The Morgan fingerprint density at radius 1 is 1.20 bits per heavy atom. The number of aliphatic hydroxyl groups excluding tert-OH is 1. The van der Waals surface area contributed by atoms with Crippen molar-refractivity contribution in [1.29, 1.82) is 0 Å². The van der Waals surface area contributed by atoms with Crippen molar-refractivity contribution in [2.45, 2.75) is 25.1 Å². The first kappa shape index (κ1) is 19.4. The fraction of sp³-hybridized carbons (Fsp3) is 0.571. The Bertz CT molecular complexity index is 913. The van der Waals surface area contributed by atoms with Gasteiger partial charge in [-0.3, -0.25) is 0 Å². The predicted octanol–water partition coefficient (Wildman–Crippen LogP) is 1.59. The van der Waals surface area contributed by atoms with E-state index in [4.69, 9.17) is 4.74 Å². The molecule has 0 spiro atoms. The molecule has 8 nitrogen and oxygen atoms in total. The van der Waals surface area contributed by atoms with E-state index in [-0.39, 0.29) is 24.0 Å². The summed E-state index contributed by atoms with van der Waals surface area (Å²) in [6.45, 7) is 2.45. The lowest BCUT2D eigenvalue weighted by Gasteiger charge is -2.37. The molecule has 30 heavy (non-hydrogen) atoms. The van der Waals surface area contributed by atoms with Gasteiger partial charge >= 0.3 is 6.01 Å². The number of allylic oxidation sites excluding steroid dienone is 4. The van der Waals surface area contributed by atoms with Crippen molar-refractivity contribution >= 4 is 17.9 Å². The summed E-state index contributed by atoms with van der Waals surface area (Å²) in [6.07, 6.45) is 6.62. The molecular formula is C21H27FN6O2. The molecular weight excluding hydrogens is 387 g/mol. The van der Waals surface area contributed by atoms with E-state index >= 15 is 0 Å². The van der Waals surface area contributed by atoms with Crippen LogP contribution in [0.15, 0.2) is 34.6 Å². The lowest BCUT2D eigenvalue weighted by molar-refractivity contribution is 0.122. The van der Waals surface area contributed by atoms with Gasteiger partial charge in [0.15, 0.2) is 5.82 Å². The number of methoxy groups -OCH3 is 1. The molecule has 0 aromatic carbocycles. The van der Waals surface area contributed by atoms with E-state index < -0.39 is 6.17 Å². The van der Waals surface area contributed by atoms with E-state index in [9.17, 15) is 9.50 Å². The summed E-state index contributed by atoms with van der Waals surface area (Å²) in [5.41, 5.74) is 2.07. The smallest absolute Gasteiger partial charge is 0.320 e. The Labute approximate surface area is 175 Å². The summed E-state index contributed by atoms with van der Waals surface area (Å²) in [4.78, 5) is 12.9. The zero-order chi connectivity index (χ0) is 20.8. The molecule has 3 unspecified atom stereocenters. The molecule has 0 amide bonds. The number of nitrogens with zero attached hydrogens (tertiary/aromatic N) is 6. The second-order valence-corrected chi connectivity index (χ2v) is 8.50. The van der Waals surface area contributed by atoms with E-state index in [0.717, 1.165) is 30.7 Å². The van der Waals surface area contributed by atoms with Gasteiger partial charge < -0.3 is 19.6 Å². The molecule has 5 rings (SSSR count). The third kappa shape index (κ3) is 3.45. The highest BCUT2D eigenvalue weighted by Gasteiger charge is 2.35. The number of aliphatic hydroxyl groups is 1. The third-order valence-electron chi connectivity index (χ3n) is 6.35. The average molecular weight is 414 g/mol. The van der Waals surface area contributed by atoms with Gasteiger partial charge in [0.1, 0.15) is 12.0 Å². The van der Waals surface area contributed by atoms with Gasteiger partial charge in [0, 0.05) is 43.8 Å². The molecule has 1 aromatic heterocycles. The molecule has 2 saturated heterocycles. The number of hydrogen-bond acceptors (Lipinski definition) is 8. The molecule has 3 atom stereocenters. The number of fused-ring (bicyclic) bond motifs is 1. The molecule has 9 heteroatoms. The van der Waals surface area contributed by atoms with Crippen LogP contribution in [0.2, 0.25) is 0 Å². The fourth-order valence-corrected chi connectivity index (χ4v) is 4.58. The minimum Gasteiger partial charge on any atom is -0.467 e. The number of anilines is 2. The lowest BCUT2D eigenvalue weighted by Crippen LogP contribution is -2.51. The van der Waals surface area contributed by atoms with Gasteiger partial charge in [-0.15, -0.1) is 0 Å². The number of piperidine rings is 1. The minimum atomic E-state index is -0.859. The summed E-state index contributed by atoms with van der Waals surface area (Å²) < 4.78 is 20.0. The van der Waals surface area contributed by atoms with E-state index in [1.165, 1.54) is 7.11 Å². The van der Waals surface area contributed by atoms with Gasteiger partial charge in [0.05, 0.1) is 18.9 Å². The largest absolute Gasteiger partial charge is 0.467 e. The van der Waals surface area contributed by atoms with Crippen LogP contribution in [0, 0.1) is 11.8 Å². The predicted molar refractivity (Wildman–Crippen MR) is 113 cm³/mol. The van der Waals surface area contributed by atoms with Crippen LogP contribution in [0.3, 0.4) is 0 Å². The second-order valence-electron chi connectivity index (χ2n) is 8.50. The van der Waals surface area contributed by atoms with Crippen LogP contribution in [0.1, 0.15) is 12.8 Å². The zero-order valence-electron chi connectivity index (χ0n) is 17.3. The highest BCUT2D eigenvalue weighted by molar-refractivity contribution is 5.76. The minimum absolute atomic E-state index is 0.0739. The van der Waals surface area contributed by atoms with Crippen molar-refractivity contribution in [3.05, 3.63) is 29.5 Å². The van der Waals surface area contributed by atoms with Gasteiger partial charge in [-0.1, -0.05) is 6.08 Å². The maximum Gasteiger partial charge on any atom is 0.320 e. The van der Waals surface area contributed by atoms with Gasteiger partial charge in [-0.05, 0) is 38.1 Å². The standard InChI is InChI=1S/C21H27FN6O2/c1-26-6-5-16(17(22)12-26)13-3-4-14-9-23-28(18(14)7-13)20-8-19(24-21(25-20)30-2)27-10-15(29)11-27/h3,7-9,14-17,29H,4-6,10-12H2,1-2H3. The first-order valence-electron chi connectivity index (χ1n) is 10.5. The molecule has 1 aliphatic carbocycles. The Balaban J connectivity index is 1.43. The van der Waals surface area contributed by atoms with Crippen LogP contribution < -0.4 is 14.6 Å². The SMILES string of the molecule is COc1nc(N2CC(O)C2)cc(N2N=CC3CC=C(C4CCN(C)CC4F)C=C32)n1. The maximum atomic E-state index is 14.7. The van der Waals surface area contributed by atoms with E-state index in [0.29, 0.717) is 31.3 Å². The molecule has 0 saturated carbocycles. The summed E-state index contributed by atoms with van der Waals surface area (Å²) in [5, 5.41) is 16.0. The number of aromatic nitrogens is 2. The van der Waals surface area contributed by atoms with Crippen LogP contribution in [-0.2, 0) is 0 Å². The van der Waals surface area contributed by atoms with Crippen LogP contribution in [-0.4, -0.2) is 78.8 Å². The molecule has 4 heterocycles. The Hall–Kier alpha value is -2.52. The molecule has 1 N–H and O–H groups in total. The Kier molecular flexibility index (Phi) is 4.94. The monoisotopic (exact) mass is 414 g/mol. The molecule has 3 aliphatic heterocycles. The molecule has 4 aliphatic rings. The highest BCUT2D eigenvalue weighted by atomic mass is 19.1. The van der Waals surface area contributed by atoms with Crippen molar-refractivity contribution in [2.75, 3.05) is 50.2 Å². The van der Waals surface area contributed by atoms with Crippen molar-refractivity contribution < 1.29 is 14.2 Å². The third-order valence-corrected chi connectivity index (χ3v) is 6.35. The molecule has 0 bridgehead atoms. The number of likely N-dealkylation sites (tertiary alicyclic amines) is 1. The van der Waals surface area contributed by atoms with Crippen molar-refractivity contribution in [3.63, 3.8) is 0 Å². The van der Waals surface area contributed by atoms with Gasteiger partial charge in [-0.2, -0.15) is 15.1 Å². The summed E-state index contributed by atoms with van der Waals surface area (Å²) in [6, 6.07) is 2.12. The van der Waals surface area contributed by atoms with E-state index in [1.807, 2.05) is 34.1 Å². The molecule has 0 radical (unpaired) electrons. The zero-order valence-corrected chi connectivity index (χ0v) is 17.3. The highest BCUT2D eigenvalue weighted by Crippen LogP contribution is 2.39. The first-order chi connectivity index (χ1) is 14.5. The number of hydrogen-bond donors (Lipinski definition) is 1. The number of hydrazone groups is 1. The molecule has 1 aromatic rings. The topological polar surface area (TPSA) is 77.3 Å². The van der Waals surface area contributed by atoms with Crippen LogP contribution in [0.5, 0.6) is 6.01 Å². The second kappa shape index (κ2) is 7.63. The van der Waals surface area contributed by atoms with Crippen molar-refractivity contribution in [1.82, 2.24) is 14.9 Å². The maximum absolute atomic E-state index is 14.7. The van der Waals surface area contributed by atoms with Crippen LogP contribution in [0.4, 0.5) is 16.0 Å².